The molecule has 0 atom stereocenters. The first-order valence-corrected chi connectivity index (χ1v) is 13.2. The Kier molecular flexibility index (Phi) is 200. The van der Waals surface area contributed by atoms with Crippen LogP contribution in [0.3, 0.4) is 0 Å². The van der Waals surface area contributed by atoms with Gasteiger partial charge < -0.3 is 14.9 Å². The molecule has 0 unspecified atom stereocenters. The van der Waals surface area contributed by atoms with E-state index in [0.717, 1.165) is 26.1 Å². The van der Waals surface area contributed by atoms with Crippen molar-refractivity contribution in [1.29, 1.82) is 0 Å². The quantitative estimate of drug-likeness (QED) is 0.126. The van der Waals surface area contributed by atoms with Gasteiger partial charge in [0.2, 0.25) is 0 Å². The van der Waals surface area contributed by atoms with Gasteiger partial charge in [0.25, 0.3) is 0 Å². The maximum Gasteiger partial charge on any atom is 0.397 e. The van der Waals surface area contributed by atoms with Gasteiger partial charge in [-0.25, -0.2) is 4.18 Å². The smallest absolute Gasteiger partial charge is 0.394 e. The average molecular weight is 557 g/mol. The zero-order chi connectivity index (χ0) is 32.4. The predicted molar refractivity (Wildman–Crippen MR) is 171 cm³/mol. The van der Waals surface area contributed by atoms with Gasteiger partial charge in [-0.05, 0) is 20.3 Å². The summed E-state index contributed by atoms with van der Waals surface area (Å²) in [5, 5.41) is 15.2. The van der Waals surface area contributed by atoms with Gasteiger partial charge >= 0.3 is 10.4 Å². The summed E-state index contributed by atoms with van der Waals surface area (Å²) in [6.45, 7) is 49.7. The summed E-state index contributed by atoms with van der Waals surface area (Å²) in [5.41, 5.74) is 0. The molecule has 0 saturated carbocycles. The van der Waals surface area contributed by atoms with Gasteiger partial charge in [-0.1, -0.05) is 45.4 Å². The fourth-order valence-electron chi connectivity index (χ4n) is 1.43. The van der Waals surface area contributed by atoms with E-state index in [0.29, 0.717) is 6.42 Å². The van der Waals surface area contributed by atoms with E-state index in [1.807, 2.05) is 13.8 Å². The number of hydrogen-bond donors (Lipinski definition) is 3. The zero-order valence-corrected chi connectivity index (χ0v) is 25.6. The number of hydrogen-bond acceptors (Lipinski definition) is 6. The molecule has 0 aromatic heterocycles. The molecular weight excluding hydrogens is 492 g/mol. The molecule has 3 N–H and O–H groups in total. The molecule has 0 bridgehead atoms. The summed E-state index contributed by atoms with van der Waals surface area (Å²) in [7, 11) is -4.23. The van der Waals surface area contributed by atoms with Gasteiger partial charge in [0.1, 0.15) is 0 Å². The molecule has 0 fully saturated rings. The van der Waals surface area contributed by atoms with Crippen LogP contribution in [0.4, 0.5) is 0 Å². The first kappa shape index (κ1) is 64.7. The second-order valence-corrected chi connectivity index (χ2v) is 5.69. The Labute approximate surface area is 233 Å². The monoisotopic (exact) mass is 556 g/mol. The third-order valence-electron chi connectivity index (χ3n) is 2.49. The summed E-state index contributed by atoms with van der Waals surface area (Å²) in [6, 6.07) is 0. The van der Waals surface area contributed by atoms with Crippen LogP contribution in [0.25, 0.3) is 0 Å². The van der Waals surface area contributed by atoms with Crippen LogP contribution >= 0.6 is 0 Å². The lowest BCUT2D eigenvalue weighted by molar-refractivity contribution is 0.162. The second-order valence-electron chi connectivity index (χ2n) is 4.60. The van der Waals surface area contributed by atoms with Crippen molar-refractivity contribution in [3.05, 3.63) is 92.1 Å². The molecule has 7 nitrogen and oxygen atoms in total. The van der Waals surface area contributed by atoms with Gasteiger partial charge in [0, 0.05) is 13.2 Å². The molecule has 0 aromatic carbocycles. The molecule has 0 aliphatic rings. The molecule has 0 radical (unpaired) electrons. The predicted octanol–water partition coefficient (Wildman–Crippen LogP) is 8.19. The van der Waals surface area contributed by atoms with Crippen LogP contribution in [-0.4, -0.2) is 56.2 Å². The fourth-order valence-corrected chi connectivity index (χ4v) is 1.76. The maximum absolute atomic E-state index is 10.1. The van der Waals surface area contributed by atoms with Crippen molar-refractivity contribution in [3.8, 4) is 0 Å². The van der Waals surface area contributed by atoms with Crippen LogP contribution in [-0.2, 0) is 19.3 Å². The van der Waals surface area contributed by atoms with Crippen molar-refractivity contribution < 1.29 is 32.1 Å². The largest absolute Gasteiger partial charge is 0.397 e. The number of rotatable bonds is 12. The van der Waals surface area contributed by atoms with E-state index in [-0.39, 0.29) is 19.8 Å². The Bertz CT molecular complexity index is 355. The molecule has 37 heavy (non-hydrogen) atoms. The topological polar surface area (TPSA) is 113 Å². The van der Waals surface area contributed by atoms with Crippen LogP contribution in [0.2, 0.25) is 0 Å². The van der Waals surface area contributed by atoms with E-state index < -0.39 is 10.4 Å². The number of aliphatic hydroxyl groups is 2. The van der Waals surface area contributed by atoms with Gasteiger partial charge in [0.05, 0.1) is 19.8 Å². The SMILES string of the molecule is C=C.C=C.C=C.C=C.C=C.C=C.C=C.CCCCCCCCCOS(=O)(=O)O.CCOCC.OCCO. The molecule has 8 heteroatoms. The molecule has 228 valence electrons. The van der Waals surface area contributed by atoms with E-state index >= 15 is 0 Å². The summed E-state index contributed by atoms with van der Waals surface area (Å²) in [4.78, 5) is 0. The van der Waals surface area contributed by atoms with E-state index in [1.54, 1.807) is 0 Å². The highest BCUT2D eigenvalue weighted by Crippen LogP contribution is 2.07. The molecule has 0 saturated heterocycles. The van der Waals surface area contributed by atoms with Crippen molar-refractivity contribution in [2.45, 2.75) is 65.7 Å². The molecule has 0 amide bonds. The van der Waals surface area contributed by atoms with Crippen LogP contribution < -0.4 is 0 Å². The van der Waals surface area contributed by atoms with Crippen molar-refractivity contribution in [3.63, 3.8) is 0 Å². The third-order valence-corrected chi connectivity index (χ3v) is 2.95. The van der Waals surface area contributed by atoms with Crippen LogP contribution in [0.1, 0.15) is 65.7 Å². The Morgan fingerprint density at radius 3 is 1.00 bits per heavy atom. The first-order valence-electron chi connectivity index (χ1n) is 11.8. The lowest BCUT2D eigenvalue weighted by atomic mass is 10.1. The highest BCUT2D eigenvalue weighted by atomic mass is 32.3. The Morgan fingerprint density at radius 2 is 0.811 bits per heavy atom. The average Bonchev–Trinajstić information content (AvgIpc) is 2.98. The summed E-state index contributed by atoms with van der Waals surface area (Å²) in [6.07, 6.45) is 7.68. The highest BCUT2D eigenvalue weighted by molar-refractivity contribution is 7.80. The normalized spacial score (nSPS) is 7.19. The number of unbranched alkanes of at least 4 members (excludes halogenated alkanes) is 6. The van der Waals surface area contributed by atoms with Crippen molar-refractivity contribution >= 4 is 10.4 Å². The molecule has 0 aliphatic heterocycles. The molecule has 0 heterocycles. The summed E-state index contributed by atoms with van der Waals surface area (Å²) in [5.74, 6) is 0. The van der Waals surface area contributed by atoms with Crippen LogP contribution in [0.5, 0.6) is 0 Å². The van der Waals surface area contributed by atoms with Crippen molar-refractivity contribution in [2.24, 2.45) is 0 Å². The molecule has 0 aliphatic carbocycles. The minimum atomic E-state index is -4.23. The van der Waals surface area contributed by atoms with E-state index in [1.165, 1.54) is 25.7 Å². The van der Waals surface area contributed by atoms with E-state index in [4.69, 9.17) is 19.5 Å². The van der Waals surface area contributed by atoms with Gasteiger partial charge in [-0.3, -0.25) is 4.55 Å². The Hall–Kier alpha value is -2.07. The Balaban J connectivity index is -0.0000000331. The standard InChI is InChI=1S/C9H20O4S.C4H10O.C2H6O2.7C2H4/c1-2-3-4-5-6-7-8-9-13-14(10,11)12;1-3-5-4-2;3-1-2-4;7*1-2/h2-9H2,1H3,(H,10,11,12);3-4H2,1-2H3;3-4H,1-2H2;7*1-2H2. The van der Waals surface area contributed by atoms with E-state index in [9.17, 15) is 8.42 Å². The lowest BCUT2D eigenvalue weighted by Crippen LogP contribution is -2.04. The van der Waals surface area contributed by atoms with Gasteiger partial charge in [-0.2, -0.15) is 8.42 Å². The number of aliphatic hydroxyl groups excluding tert-OH is 2. The zero-order valence-electron chi connectivity index (χ0n) is 24.8. The van der Waals surface area contributed by atoms with Crippen LogP contribution in [0.15, 0.2) is 92.1 Å². The second kappa shape index (κ2) is 114. The van der Waals surface area contributed by atoms with Crippen molar-refractivity contribution in [2.75, 3.05) is 33.0 Å². The minimum Gasteiger partial charge on any atom is -0.394 e. The molecular formula is C29H64O7S. The summed E-state index contributed by atoms with van der Waals surface area (Å²) >= 11 is 0. The van der Waals surface area contributed by atoms with Gasteiger partial charge in [0.15, 0.2) is 0 Å². The first-order chi connectivity index (χ1) is 17.9. The van der Waals surface area contributed by atoms with Crippen molar-refractivity contribution in [1.82, 2.24) is 0 Å². The molecule has 0 rings (SSSR count). The highest BCUT2D eigenvalue weighted by Gasteiger charge is 2.02. The molecule has 0 aromatic rings. The Morgan fingerprint density at radius 1 is 0.541 bits per heavy atom. The third kappa shape index (κ3) is 243. The maximum atomic E-state index is 10.1. The number of ether oxygens (including phenoxy) is 1. The summed E-state index contributed by atoms with van der Waals surface area (Å²) < 4.78 is 37.5. The van der Waals surface area contributed by atoms with E-state index in [2.05, 4.69) is 103 Å². The van der Waals surface area contributed by atoms with Crippen LogP contribution in [0, 0.1) is 0 Å². The van der Waals surface area contributed by atoms with Gasteiger partial charge in [-0.15, -0.1) is 92.1 Å². The minimum absolute atomic E-state index is 0.0899. The lowest BCUT2D eigenvalue weighted by Gasteiger charge is -2.00. The molecule has 0 spiro atoms. The fraction of sp³-hybridized carbons (Fsp3) is 0.517.